The molecule has 0 amide bonds. The predicted molar refractivity (Wildman–Crippen MR) is 78.3 cm³/mol. The summed E-state index contributed by atoms with van der Waals surface area (Å²) >= 11 is 0. The SMILES string of the molecule is c1cncc(-c2cnc3n2CCN(Cc2ccco2)C3)c1. The summed E-state index contributed by atoms with van der Waals surface area (Å²) in [5.41, 5.74) is 2.27. The Balaban J connectivity index is 1.56. The van der Waals surface area contributed by atoms with E-state index in [4.69, 9.17) is 4.42 Å². The molecule has 3 aromatic rings. The minimum atomic E-state index is 0.835. The Kier molecular flexibility index (Phi) is 3.05. The van der Waals surface area contributed by atoms with Crippen LogP contribution >= 0.6 is 0 Å². The molecule has 0 aromatic carbocycles. The Hall–Kier alpha value is -2.40. The fourth-order valence-corrected chi connectivity index (χ4v) is 2.81. The minimum Gasteiger partial charge on any atom is -0.468 e. The van der Waals surface area contributed by atoms with Crippen LogP contribution in [0.5, 0.6) is 0 Å². The van der Waals surface area contributed by atoms with Gasteiger partial charge in [-0.05, 0) is 24.3 Å². The molecule has 0 fully saturated rings. The number of imidazole rings is 1. The van der Waals surface area contributed by atoms with Gasteiger partial charge >= 0.3 is 0 Å². The maximum absolute atomic E-state index is 5.42. The predicted octanol–water partition coefficient (Wildman–Crippen LogP) is 2.55. The van der Waals surface area contributed by atoms with Crippen molar-refractivity contribution in [3.05, 3.63) is 60.7 Å². The molecule has 0 atom stereocenters. The number of aromatic nitrogens is 3. The summed E-state index contributed by atoms with van der Waals surface area (Å²) in [5.74, 6) is 2.11. The first-order valence-electron chi connectivity index (χ1n) is 7.10. The third kappa shape index (κ3) is 2.36. The summed E-state index contributed by atoms with van der Waals surface area (Å²) in [7, 11) is 0. The van der Waals surface area contributed by atoms with Gasteiger partial charge in [-0.1, -0.05) is 0 Å². The Labute approximate surface area is 122 Å². The molecule has 4 heterocycles. The molecule has 1 aliphatic rings. The van der Waals surface area contributed by atoms with Crippen molar-refractivity contribution in [3.63, 3.8) is 0 Å². The van der Waals surface area contributed by atoms with E-state index in [0.29, 0.717) is 0 Å². The Morgan fingerprint density at radius 1 is 1.14 bits per heavy atom. The third-order valence-corrected chi connectivity index (χ3v) is 3.86. The van der Waals surface area contributed by atoms with E-state index >= 15 is 0 Å². The van der Waals surface area contributed by atoms with Gasteiger partial charge in [-0.25, -0.2) is 4.98 Å². The molecule has 0 unspecified atom stereocenters. The minimum absolute atomic E-state index is 0.835. The van der Waals surface area contributed by atoms with Gasteiger partial charge in [0.15, 0.2) is 0 Å². The molecule has 4 rings (SSSR count). The van der Waals surface area contributed by atoms with E-state index in [9.17, 15) is 0 Å². The Morgan fingerprint density at radius 2 is 2.14 bits per heavy atom. The van der Waals surface area contributed by atoms with Crippen LogP contribution in [-0.2, 0) is 19.6 Å². The lowest BCUT2D eigenvalue weighted by Gasteiger charge is -2.27. The van der Waals surface area contributed by atoms with Gasteiger partial charge in [0.1, 0.15) is 11.6 Å². The zero-order chi connectivity index (χ0) is 14.1. The first-order valence-corrected chi connectivity index (χ1v) is 7.10. The van der Waals surface area contributed by atoms with Gasteiger partial charge in [-0.2, -0.15) is 0 Å². The van der Waals surface area contributed by atoms with Gasteiger partial charge in [-0.3, -0.25) is 9.88 Å². The van der Waals surface area contributed by atoms with E-state index in [2.05, 4.69) is 25.5 Å². The Morgan fingerprint density at radius 3 is 2.95 bits per heavy atom. The number of nitrogens with zero attached hydrogens (tertiary/aromatic N) is 4. The first kappa shape index (κ1) is 12.3. The highest BCUT2D eigenvalue weighted by molar-refractivity contribution is 5.58. The highest BCUT2D eigenvalue weighted by Crippen LogP contribution is 2.23. The van der Waals surface area contributed by atoms with Crippen molar-refractivity contribution in [1.82, 2.24) is 19.4 Å². The quantitative estimate of drug-likeness (QED) is 0.739. The van der Waals surface area contributed by atoms with E-state index in [1.807, 2.05) is 30.6 Å². The van der Waals surface area contributed by atoms with Crippen molar-refractivity contribution < 1.29 is 4.42 Å². The van der Waals surface area contributed by atoms with E-state index in [1.165, 1.54) is 0 Å². The average Bonchev–Trinajstić information content (AvgIpc) is 3.17. The van der Waals surface area contributed by atoms with Crippen LogP contribution in [0.3, 0.4) is 0 Å². The van der Waals surface area contributed by atoms with Gasteiger partial charge in [0, 0.05) is 31.0 Å². The maximum Gasteiger partial charge on any atom is 0.123 e. The second kappa shape index (κ2) is 5.18. The number of fused-ring (bicyclic) bond motifs is 1. The second-order valence-electron chi connectivity index (χ2n) is 5.24. The van der Waals surface area contributed by atoms with Crippen LogP contribution in [0.25, 0.3) is 11.3 Å². The van der Waals surface area contributed by atoms with Crippen molar-refractivity contribution in [3.8, 4) is 11.3 Å². The van der Waals surface area contributed by atoms with Crippen LogP contribution in [0, 0.1) is 0 Å². The number of hydrogen-bond donors (Lipinski definition) is 0. The molecular weight excluding hydrogens is 264 g/mol. The number of rotatable bonds is 3. The van der Waals surface area contributed by atoms with E-state index < -0.39 is 0 Å². The molecule has 0 N–H and O–H groups in total. The molecule has 0 bridgehead atoms. The van der Waals surface area contributed by atoms with Gasteiger partial charge in [-0.15, -0.1) is 0 Å². The average molecular weight is 280 g/mol. The summed E-state index contributed by atoms with van der Waals surface area (Å²) in [5, 5.41) is 0. The smallest absolute Gasteiger partial charge is 0.123 e. The largest absolute Gasteiger partial charge is 0.468 e. The second-order valence-corrected chi connectivity index (χ2v) is 5.24. The summed E-state index contributed by atoms with van der Waals surface area (Å²) < 4.78 is 7.71. The van der Waals surface area contributed by atoms with Crippen LogP contribution in [0.2, 0.25) is 0 Å². The van der Waals surface area contributed by atoms with Crippen LogP contribution in [-0.4, -0.2) is 26.0 Å². The van der Waals surface area contributed by atoms with Crippen LogP contribution in [0.1, 0.15) is 11.6 Å². The highest BCUT2D eigenvalue weighted by Gasteiger charge is 2.21. The van der Waals surface area contributed by atoms with Crippen molar-refractivity contribution in [2.75, 3.05) is 6.54 Å². The molecule has 5 nitrogen and oxygen atoms in total. The lowest BCUT2D eigenvalue weighted by molar-refractivity contribution is 0.194. The molecule has 21 heavy (non-hydrogen) atoms. The van der Waals surface area contributed by atoms with E-state index in [1.54, 1.807) is 12.5 Å². The van der Waals surface area contributed by atoms with Crippen molar-refractivity contribution in [2.24, 2.45) is 0 Å². The van der Waals surface area contributed by atoms with Gasteiger partial charge < -0.3 is 8.98 Å². The zero-order valence-electron chi connectivity index (χ0n) is 11.6. The van der Waals surface area contributed by atoms with Crippen molar-refractivity contribution >= 4 is 0 Å². The molecular formula is C16H16N4O. The Bertz CT molecular complexity index is 718. The lowest BCUT2D eigenvalue weighted by atomic mass is 10.2. The fourth-order valence-electron chi connectivity index (χ4n) is 2.81. The van der Waals surface area contributed by atoms with Crippen LogP contribution in [0.4, 0.5) is 0 Å². The van der Waals surface area contributed by atoms with E-state index in [0.717, 1.165) is 49.0 Å². The molecule has 1 aliphatic heterocycles. The summed E-state index contributed by atoms with van der Waals surface area (Å²) in [6, 6.07) is 7.98. The number of hydrogen-bond acceptors (Lipinski definition) is 4. The lowest BCUT2D eigenvalue weighted by Crippen LogP contribution is -2.33. The van der Waals surface area contributed by atoms with E-state index in [-0.39, 0.29) is 0 Å². The highest BCUT2D eigenvalue weighted by atomic mass is 16.3. The normalized spacial score (nSPS) is 15.0. The molecule has 5 heteroatoms. The van der Waals surface area contributed by atoms with Crippen LogP contribution in [0.15, 0.2) is 53.5 Å². The van der Waals surface area contributed by atoms with Crippen molar-refractivity contribution in [1.29, 1.82) is 0 Å². The molecule has 0 saturated heterocycles. The maximum atomic E-state index is 5.42. The first-order chi connectivity index (χ1) is 10.4. The third-order valence-electron chi connectivity index (χ3n) is 3.86. The van der Waals surface area contributed by atoms with Crippen LogP contribution < -0.4 is 0 Å². The molecule has 3 aromatic heterocycles. The standard InChI is InChI=1S/C16H16N4O/c1-3-13(9-17-5-1)15-10-18-16-12-19(6-7-20(15)16)11-14-4-2-8-21-14/h1-5,8-10H,6-7,11-12H2. The number of furan rings is 1. The van der Waals surface area contributed by atoms with Gasteiger partial charge in [0.05, 0.1) is 31.2 Å². The summed E-state index contributed by atoms with van der Waals surface area (Å²) in [6.07, 6.45) is 7.35. The molecule has 0 saturated carbocycles. The number of pyridine rings is 1. The van der Waals surface area contributed by atoms with Gasteiger partial charge in [0.25, 0.3) is 0 Å². The van der Waals surface area contributed by atoms with Gasteiger partial charge in [0.2, 0.25) is 0 Å². The molecule has 0 spiro atoms. The monoisotopic (exact) mass is 280 g/mol. The topological polar surface area (TPSA) is 47.1 Å². The molecule has 0 aliphatic carbocycles. The summed E-state index contributed by atoms with van der Waals surface area (Å²) in [4.78, 5) is 11.1. The summed E-state index contributed by atoms with van der Waals surface area (Å²) in [6.45, 7) is 3.63. The van der Waals surface area contributed by atoms with Crippen molar-refractivity contribution in [2.45, 2.75) is 19.6 Å². The molecule has 106 valence electrons. The molecule has 0 radical (unpaired) electrons. The fraction of sp³-hybridized carbons (Fsp3) is 0.250. The zero-order valence-corrected chi connectivity index (χ0v) is 11.6.